The van der Waals surface area contributed by atoms with Crippen LogP contribution in [0.25, 0.3) is 0 Å². The van der Waals surface area contributed by atoms with E-state index in [0.717, 1.165) is 49.5 Å². The van der Waals surface area contributed by atoms with Crippen molar-refractivity contribution in [3.05, 3.63) is 23.8 Å². The summed E-state index contributed by atoms with van der Waals surface area (Å²) >= 11 is 0. The molecule has 1 aromatic rings. The molecule has 3 rings (SSSR count). The molecule has 0 aliphatic carbocycles. The van der Waals surface area contributed by atoms with Crippen molar-refractivity contribution in [1.82, 2.24) is 4.90 Å². The smallest absolute Gasteiger partial charge is 0.256 e. The first-order valence-corrected chi connectivity index (χ1v) is 7.47. The summed E-state index contributed by atoms with van der Waals surface area (Å²) in [6, 6.07) is 5.92. The highest BCUT2D eigenvalue weighted by molar-refractivity contribution is 6.02. The summed E-state index contributed by atoms with van der Waals surface area (Å²) in [6.45, 7) is 7.98. The van der Waals surface area contributed by atoms with Crippen molar-refractivity contribution in [3.63, 3.8) is 0 Å². The van der Waals surface area contributed by atoms with Gasteiger partial charge in [0.2, 0.25) is 0 Å². The molecule has 1 amide bonds. The van der Waals surface area contributed by atoms with E-state index in [1.807, 2.05) is 23.1 Å². The van der Waals surface area contributed by atoms with Gasteiger partial charge in [-0.05, 0) is 30.4 Å². The van der Waals surface area contributed by atoms with Gasteiger partial charge in [-0.1, -0.05) is 19.9 Å². The molecule has 2 aliphatic heterocycles. The zero-order valence-electron chi connectivity index (χ0n) is 12.3. The summed E-state index contributed by atoms with van der Waals surface area (Å²) in [4.78, 5) is 14.8. The number of piperidine rings is 1. The Hall–Kier alpha value is -1.71. The number of hydrogen-bond donors (Lipinski definition) is 2. The van der Waals surface area contributed by atoms with Gasteiger partial charge in [-0.25, -0.2) is 0 Å². The Labute approximate surface area is 120 Å². The number of benzene rings is 1. The second kappa shape index (κ2) is 5.00. The van der Waals surface area contributed by atoms with E-state index in [-0.39, 0.29) is 11.3 Å². The summed E-state index contributed by atoms with van der Waals surface area (Å²) in [5, 5.41) is 6.71. The number of nitrogens with zero attached hydrogens (tertiary/aromatic N) is 1. The fraction of sp³-hybridized carbons (Fsp3) is 0.562. The van der Waals surface area contributed by atoms with Crippen LogP contribution in [0.3, 0.4) is 0 Å². The van der Waals surface area contributed by atoms with E-state index in [2.05, 4.69) is 24.5 Å². The molecule has 0 spiro atoms. The van der Waals surface area contributed by atoms with E-state index < -0.39 is 0 Å². The average Bonchev–Trinajstić information content (AvgIpc) is 2.45. The maximum Gasteiger partial charge on any atom is 0.256 e. The van der Waals surface area contributed by atoms with Gasteiger partial charge in [0.25, 0.3) is 5.91 Å². The fourth-order valence-corrected chi connectivity index (χ4v) is 3.22. The summed E-state index contributed by atoms with van der Waals surface area (Å²) in [5.74, 6) is 0.158. The molecule has 0 aromatic heterocycles. The topological polar surface area (TPSA) is 44.4 Å². The van der Waals surface area contributed by atoms with Gasteiger partial charge < -0.3 is 15.5 Å². The largest absolute Gasteiger partial charge is 0.382 e. The third-order valence-corrected chi connectivity index (χ3v) is 4.22. The van der Waals surface area contributed by atoms with Crippen molar-refractivity contribution in [2.24, 2.45) is 5.41 Å². The fourth-order valence-electron chi connectivity index (χ4n) is 3.22. The van der Waals surface area contributed by atoms with Crippen molar-refractivity contribution in [2.75, 3.05) is 36.8 Å². The van der Waals surface area contributed by atoms with E-state index in [1.165, 1.54) is 6.42 Å². The molecular weight excluding hydrogens is 250 g/mol. The van der Waals surface area contributed by atoms with Crippen LogP contribution in [0.5, 0.6) is 0 Å². The Kier molecular flexibility index (Phi) is 3.32. The van der Waals surface area contributed by atoms with E-state index in [0.29, 0.717) is 0 Å². The summed E-state index contributed by atoms with van der Waals surface area (Å²) in [5.41, 5.74) is 3.03. The van der Waals surface area contributed by atoms with Gasteiger partial charge >= 0.3 is 0 Å². The zero-order valence-corrected chi connectivity index (χ0v) is 12.3. The van der Waals surface area contributed by atoms with Crippen LogP contribution in [-0.2, 0) is 0 Å². The second-order valence-electron chi connectivity index (χ2n) is 6.58. The lowest BCUT2D eigenvalue weighted by Gasteiger charge is -2.38. The predicted octanol–water partition coefficient (Wildman–Crippen LogP) is 2.79. The third kappa shape index (κ3) is 2.47. The highest BCUT2D eigenvalue weighted by atomic mass is 16.2. The number of carbonyl (C=O) groups excluding carboxylic acids is 1. The van der Waals surface area contributed by atoms with Gasteiger partial charge in [0.1, 0.15) is 0 Å². The van der Waals surface area contributed by atoms with E-state index >= 15 is 0 Å². The molecule has 4 nitrogen and oxygen atoms in total. The second-order valence-corrected chi connectivity index (χ2v) is 6.58. The van der Waals surface area contributed by atoms with Crippen molar-refractivity contribution in [1.29, 1.82) is 0 Å². The summed E-state index contributed by atoms with van der Waals surface area (Å²) in [6.07, 6.45) is 2.29. The van der Waals surface area contributed by atoms with Gasteiger partial charge in [0.05, 0.1) is 16.9 Å². The molecule has 1 fully saturated rings. The van der Waals surface area contributed by atoms with Crippen LogP contribution in [0.15, 0.2) is 18.2 Å². The monoisotopic (exact) mass is 273 g/mol. The molecule has 0 atom stereocenters. The Balaban J connectivity index is 1.87. The molecule has 0 bridgehead atoms. The molecule has 0 radical (unpaired) electrons. The first-order chi connectivity index (χ1) is 9.57. The number of rotatable bonds is 1. The Morgan fingerprint density at radius 1 is 1.25 bits per heavy atom. The molecule has 108 valence electrons. The first-order valence-electron chi connectivity index (χ1n) is 7.47. The highest BCUT2D eigenvalue weighted by Crippen LogP contribution is 2.33. The van der Waals surface area contributed by atoms with Gasteiger partial charge in [-0.15, -0.1) is 0 Å². The van der Waals surface area contributed by atoms with Gasteiger partial charge in [0.15, 0.2) is 0 Å². The molecule has 0 unspecified atom stereocenters. The van der Waals surface area contributed by atoms with Gasteiger partial charge in [-0.2, -0.15) is 0 Å². The SMILES string of the molecule is CC1(C)CCCN(C(=O)c2cccc3c2NCCN3)C1. The lowest BCUT2D eigenvalue weighted by Crippen LogP contribution is -2.43. The van der Waals surface area contributed by atoms with E-state index in [9.17, 15) is 4.79 Å². The van der Waals surface area contributed by atoms with Crippen LogP contribution < -0.4 is 10.6 Å². The molecule has 4 heteroatoms. The Morgan fingerprint density at radius 2 is 2.05 bits per heavy atom. The number of likely N-dealkylation sites (tertiary alicyclic amines) is 1. The first kappa shape index (κ1) is 13.3. The van der Waals surface area contributed by atoms with Crippen LogP contribution in [0.1, 0.15) is 37.0 Å². The minimum atomic E-state index is 0.158. The van der Waals surface area contributed by atoms with Crippen LogP contribution >= 0.6 is 0 Å². The number of carbonyl (C=O) groups is 1. The maximum atomic E-state index is 12.8. The zero-order chi connectivity index (χ0) is 14.2. The summed E-state index contributed by atoms with van der Waals surface area (Å²) in [7, 11) is 0. The van der Waals surface area contributed by atoms with Gasteiger partial charge in [-0.3, -0.25) is 4.79 Å². The number of nitrogens with one attached hydrogen (secondary N) is 2. The van der Waals surface area contributed by atoms with Crippen LogP contribution in [0, 0.1) is 5.41 Å². The van der Waals surface area contributed by atoms with E-state index in [1.54, 1.807) is 0 Å². The molecule has 20 heavy (non-hydrogen) atoms. The molecule has 2 aliphatic rings. The van der Waals surface area contributed by atoms with Crippen LogP contribution in [0.4, 0.5) is 11.4 Å². The maximum absolute atomic E-state index is 12.8. The standard InChI is InChI=1S/C16H23N3O/c1-16(2)7-4-10-19(11-16)15(20)12-5-3-6-13-14(12)18-9-8-17-13/h3,5-6,17-18H,4,7-11H2,1-2H3. The minimum Gasteiger partial charge on any atom is -0.382 e. The summed E-state index contributed by atoms with van der Waals surface area (Å²) < 4.78 is 0. The lowest BCUT2D eigenvalue weighted by molar-refractivity contribution is 0.0584. The van der Waals surface area contributed by atoms with Crippen molar-refractivity contribution in [3.8, 4) is 0 Å². The van der Waals surface area contributed by atoms with E-state index in [4.69, 9.17) is 0 Å². The molecule has 1 saturated heterocycles. The number of anilines is 2. The van der Waals surface area contributed by atoms with Crippen molar-refractivity contribution >= 4 is 17.3 Å². The quantitative estimate of drug-likeness (QED) is 0.827. The van der Waals surface area contributed by atoms with Crippen LogP contribution in [0.2, 0.25) is 0 Å². The molecule has 0 saturated carbocycles. The minimum absolute atomic E-state index is 0.158. The Morgan fingerprint density at radius 3 is 2.85 bits per heavy atom. The van der Waals surface area contributed by atoms with Crippen LogP contribution in [-0.4, -0.2) is 37.0 Å². The third-order valence-electron chi connectivity index (χ3n) is 4.22. The van der Waals surface area contributed by atoms with Crippen molar-refractivity contribution < 1.29 is 4.79 Å². The normalized spacial score (nSPS) is 20.6. The van der Waals surface area contributed by atoms with Gasteiger partial charge in [0, 0.05) is 26.2 Å². The molecular formula is C16H23N3O. The molecule has 1 aromatic carbocycles. The molecule has 2 N–H and O–H groups in total. The highest BCUT2D eigenvalue weighted by Gasteiger charge is 2.31. The number of para-hydroxylation sites is 1. The lowest BCUT2D eigenvalue weighted by atomic mass is 9.84. The Bertz CT molecular complexity index is 524. The average molecular weight is 273 g/mol. The number of amides is 1. The van der Waals surface area contributed by atoms with Crippen molar-refractivity contribution in [2.45, 2.75) is 26.7 Å². The molecule has 2 heterocycles. The predicted molar refractivity (Wildman–Crippen MR) is 82.3 cm³/mol. The number of fused-ring (bicyclic) bond motifs is 1. The number of hydrogen-bond acceptors (Lipinski definition) is 3.